The smallest absolute Gasteiger partial charge is 0.412 e. The number of carbonyl (C=O) groups is 2. The molecule has 0 aromatic heterocycles. The zero-order chi connectivity index (χ0) is 19.1. The molecule has 2 amide bonds. The average molecular weight is 368 g/mol. The minimum Gasteiger partial charge on any atom is -0.494 e. The normalized spacial score (nSPS) is 14.5. The Labute approximate surface area is 159 Å². The molecule has 142 valence electrons. The van der Waals surface area contributed by atoms with Crippen molar-refractivity contribution in [3.63, 3.8) is 0 Å². The van der Waals surface area contributed by atoms with Crippen LogP contribution in [0.3, 0.4) is 0 Å². The summed E-state index contributed by atoms with van der Waals surface area (Å²) >= 11 is 0. The molecule has 0 unspecified atom stereocenters. The van der Waals surface area contributed by atoms with Gasteiger partial charge >= 0.3 is 6.09 Å². The Morgan fingerprint density at radius 2 is 1.67 bits per heavy atom. The van der Waals surface area contributed by atoms with Gasteiger partial charge in [-0.05, 0) is 56.2 Å². The molecule has 1 fully saturated rings. The predicted octanol–water partition coefficient (Wildman–Crippen LogP) is 3.48. The molecule has 0 saturated carbocycles. The lowest BCUT2D eigenvalue weighted by Crippen LogP contribution is -2.47. The molecule has 6 nitrogen and oxygen atoms in total. The number of hydrogen-bond donors (Lipinski definition) is 1. The maximum Gasteiger partial charge on any atom is 0.412 e. The van der Waals surface area contributed by atoms with Gasteiger partial charge in [-0.2, -0.15) is 0 Å². The minimum atomic E-state index is -0.461. The number of rotatable bonds is 5. The Morgan fingerprint density at radius 3 is 2.30 bits per heavy atom. The van der Waals surface area contributed by atoms with Crippen molar-refractivity contribution < 1.29 is 19.1 Å². The van der Waals surface area contributed by atoms with Crippen LogP contribution < -0.4 is 14.8 Å². The van der Waals surface area contributed by atoms with Crippen LogP contribution in [0.15, 0.2) is 54.6 Å². The van der Waals surface area contributed by atoms with E-state index in [4.69, 9.17) is 9.47 Å². The van der Waals surface area contributed by atoms with E-state index in [9.17, 15) is 9.59 Å². The van der Waals surface area contributed by atoms with Gasteiger partial charge in [0.05, 0.1) is 6.61 Å². The van der Waals surface area contributed by atoms with E-state index in [0.29, 0.717) is 43.9 Å². The largest absolute Gasteiger partial charge is 0.494 e. The number of ether oxygens (including phenoxy) is 2. The Kier molecular flexibility index (Phi) is 6.30. The number of piperidine rings is 1. The molecule has 0 radical (unpaired) electrons. The van der Waals surface area contributed by atoms with Crippen LogP contribution in [-0.2, 0) is 0 Å². The van der Waals surface area contributed by atoms with E-state index in [-0.39, 0.29) is 11.9 Å². The van der Waals surface area contributed by atoms with Gasteiger partial charge in [-0.15, -0.1) is 0 Å². The molecule has 2 aromatic rings. The summed E-state index contributed by atoms with van der Waals surface area (Å²) in [5.74, 6) is 1.27. The Hall–Kier alpha value is -3.02. The third-order valence-electron chi connectivity index (χ3n) is 4.47. The molecule has 0 atom stereocenters. The summed E-state index contributed by atoms with van der Waals surface area (Å²) in [7, 11) is 0. The molecule has 27 heavy (non-hydrogen) atoms. The van der Waals surface area contributed by atoms with Crippen LogP contribution >= 0.6 is 0 Å². The summed E-state index contributed by atoms with van der Waals surface area (Å²) in [5, 5.41) is 2.87. The number of para-hydroxylation sites is 1. The van der Waals surface area contributed by atoms with E-state index >= 15 is 0 Å². The van der Waals surface area contributed by atoms with Crippen LogP contribution in [0.2, 0.25) is 0 Å². The lowest BCUT2D eigenvalue weighted by atomic mass is 10.0. The van der Waals surface area contributed by atoms with Gasteiger partial charge in [-0.25, -0.2) is 4.79 Å². The molecule has 6 heteroatoms. The quantitative estimate of drug-likeness (QED) is 0.877. The van der Waals surface area contributed by atoms with Crippen LogP contribution in [-0.4, -0.2) is 42.6 Å². The van der Waals surface area contributed by atoms with Crippen molar-refractivity contribution in [1.29, 1.82) is 0 Å². The molecule has 0 bridgehead atoms. The molecule has 1 aliphatic heterocycles. The molecule has 0 aliphatic carbocycles. The fourth-order valence-corrected chi connectivity index (χ4v) is 3.06. The van der Waals surface area contributed by atoms with Gasteiger partial charge in [0.15, 0.2) is 0 Å². The second-order valence-electron chi connectivity index (χ2n) is 6.37. The van der Waals surface area contributed by atoms with Crippen LogP contribution in [0.1, 0.15) is 30.1 Å². The third-order valence-corrected chi connectivity index (χ3v) is 4.47. The number of amides is 2. The summed E-state index contributed by atoms with van der Waals surface area (Å²) in [5.41, 5.74) is 0.647. The average Bonchev–Trinajstić information content (AvgIpc) is 2.69. The highest BCUT2D eigenvalue weighted by atomic mass is 16.6. The molecule has 1 aliphatic rings. The van der Waals surface area contributed by atoms with E-state index in [1.165, 1.54) is 0 Å². The Morgan fingerprint density at radius 1 is 1.00 bits per heavy atom. The van der Waals surface area contributed by atoms with E-state index in [1.54, 1.807) is 24.3 Å². The fourth-order valence-electron chi connectivity index (χ4n) is 3.06. The summed E-state index contributed by atoms with van der Waals surface area (Å²) < 4.78 is 10.7. The summed E-state index contributed by atoms with van der Waals surface area (Å²) in [4.78, 5) is 26.4. The van der Waals surface area contributed by atoms with Crippen molar-refractivity contribution in [2.24, 2.45) is 0 Å². The molecule has 1 saturated heterocycles. The van der Waals surface area contributed by atoms with Gasteiger partial charge in [0, 0.05) is 24.7 Å². The highest BCUT2D eigenvalue weighted by Gasteiger charge is 2.25. The van der Waals surface area contributed by atoms with Gasteiger partial charge in [-0.1, -0.05) is 18.2 Å². The number of carbonyl (C=O) groups excluding carboxylic acids is 2. The number of benzene rings is 2. The van der Waals surface area contributed by atoms with Gasteiger partial charge in [0.1, 0.15) is 11.5 Å². The van der Waals surface area contributed by atoms with E-state index in [1.807, 2.05) is 42.2 Å². The van der Waals surface area contributed by atoms with Crippen LogP contribution in [0.25, 0.3) is 0 Å². The van der Waals surface area contributed by atoms with E-state index in [0.717, 1.165) is 5.75 Å². The fraction of sp³-hybridized carbons (Fsp3) is 0.333. The van der Waals surface area contributed by atoms with Crippen LogP contribution in [0.4, 0.5) is 4.79 Å². The summed E-state index contributed by atoms with van der Waals surface area (Å²) in [6.07, 6.45) is 0.941. The first-order valence-electron chi connectivity index (χ1n) is 9.21. The molecule has 1 N–H and O–H groups in total. The number of likely N-dealkylation sites (tertiary alicyclic amines) is 1. The zero-order valence-electron chi connectivity index (χ0n) is 15.4. The number of nitrogens with one attached hydrogen (secondary N) is 1. The van der Waals surface area contributed by atoms with Crippen molar-refractivity contribution >= 4 is 12.0 Å². The number of hydrogen-bond acceptors (Lipinski definition) is 4. The third kappa shape index (κ3) is 5.23. The molecule has 3 rings (SSSR count). The second-order valence-corrected chi connectivity index (χ2v) is 6.37. The first-order valence-corrected chi connectivity index (χ1v) is 9.21. The first kappa shape index (κ1) is 18.8. The lowest BCUT2D eigenvalue weighted by molar-refractivity contribution is 0.0706. The molecular weight excluding hydrogens is 344 g/mol. The minimum absolute atomic E-state index is 0.00311. The second kappa shape index (κ2) is 9.07. The van der Waals surface area contributed by atoms with Gasteiger partial charge in [-0.3, -0.25) is 4.79 Å². The SMILES string of the molecule is CCOc1ccc(C(=O)N2CCC(NC(=O)Oc3ccccc3)CC2)cc1. The maximum atomic E-state index is 12.6. The molecule has 1 heterocycles. The Balaban J connectivity index is 1.46. The molecule has 2 aromatic carbocycles. The van der Waals surface area contributed by atoms with Gasteiger partial charge in [0.2, 0.25) is 0 Å². The van der Waals surface area contributed by atoms with Gasteiger partial charge < -0.3 is 19.7 Å². The van der Waals surface area contributed by atoms with Crippen LogP contribution in [0.5, 0.6) is 11.5 Å². The maximum absolute atomic E-state index is 12.6. The van der Waals surface area contributed by atoms with Gasteiger partial charge in [0.25, 0.3) is 5.91 Å². The van der Waals surface area contributed by atoms with Crippen LogP contribution in [0, 0.1) is 0 Å². The van der Waals surface area contributed by atoms with E-state index < -0.39 is 6.09 Å². The van der Waals surface area contributed by atoms with Crippen molar-refractivity contribution in [3.05, 3.63) is 60.2 Å². The van der Waals surface area contributed by atoms with Crippen molar-refractivity contribution in [3.8, 4) is 11.5 Å². The highest BCUT2D eigenvalue weighted by Crippen LogP contribution is 2.17. The van der Waals surface area contributed by atoms with Crippen molar-refractivity contribution in [2.45, 2.75) is 25.8 Å². The summed E-state index contributed by atoms with van der Waals surface area (Å²) in [6.45, 7) is 3.72. The standard InChI is InChI=1S/C21H24N2O4/c1-2-26-18-10-8-16(9-11-18)20(24)23-14-12-17(13-15-23)22-21(25)27-19-6-4-3-5-7-19/h3-11,17H,2,12-15H2,1H3,(H,22,25). The Bertz CT molecular complexity index is 754. The molecular formula is C21H24N2O4. The monoisotopic (exact) mass is 368 g/mol. The lowest BCUT2D eigenvalue weighted by Gasteiger charge is -2.32. The first-order chi connectivity index (χ1) is 13.2. The van der Waals surface area contributed by atoms with Crippen molar-refractivity contribution in [2.75, 3.05) is 19.7 Å². The number of nitrogens with zero attached hydrogens (tertiary/aromatic N) is 1. The zero-order valence-corrected chi connectivity index (χ0v) is 15.4. The topological polar surface area (TPSA) is 67.9 Å². The predicted molar refractivity (Wildman–Crippen MR) is 102 cm³/mol. The van der Waals surface area contributed by atoms with Crippen molar-refractivity contribution in [1.82, 2.24) is 10.2 Å². The summed E-state index contributed by atoms with van der Waals surface area (Å²) in [6, 6.07) is 16.2. The van der Waals surface area contributed by atoms with E-state index in [2.05, 4.69) is 5.32 Å². The molecule has 0 spiro atoms. The highest BCUT2D eigenvalue weighted by molar-refractivity contribution is 5.94.